The lowest BCUT2D eigenvalue weighted by molar-refractivity contribution is -0.136. The van der Waals surface area contributed by atoms with E-state index in [4.69, 9.17) is 16.2 Å². The number of rotatable bonds is 12. The highest BCUT2D eigenvalue weighted by molar-refractivity contribution is 5.83. The van der Waals surface area contributed by atoms with E-state index in [9.17, 15) is 14.7 Å². The normalized spacial score (nSPS) is 16.2. The van der Waals surface area contributed by atoms with Crippen LogP contribution in [0.2, 0.25) is 0 Å². The average molecular weight is 497 g/mol. The summed E-state index contributed by atoms with van der Waals surface area (Å²) in [6.07, 6.45) is 3.22. The van der Waals surface area contributed by atoms with Gasteiger partial charge in [0.15, 0.2) is 0 Å². The van der Waals surface area contributed by atoms with Crippen LogP contribution in [0.5, 0.6) is 5.75 Å². The summed E-state index contributed by atoms with van der Waals surface area (Å²) in [5, 5.41) is 10.9. The molecule has 3 rings (SSSR count). The van der Waals surface area contributed by atoms with Crippen LogP contribution in [0.4, 0.5) is 0 Å². The summed E-state index contributed by atoms with van der Waals surface area (Å²) in [7, 11) is 1.59. The Morgan fingerprint density at radius 3 is 2.42 bits per heavy atom. The first kappa shape index (κ1) is 27.6. The number of likely N-dealkylation sites (tertiary alicyclic amines) is 1. The van der Waals surface area contributed by atoms with Crippen molar-refractivity contribution in [3.05, 3.63) is 65.7 Å². The van der Waals surface area contributed by atoms with Gasteiger partial charge in [-0.15, -0.1) is 0 Å². The summed E-state index contributed by atoms with van der Waals surface area (Å²) >= 11 is 0. The topological polar surface area (TPSA) is 122 Å². The number of aliphatic hydroxyl groups is 1. The quantitative estimate of drug-likeness (QED) is 0.414. The van der Waals surface area contributed by atoms with Crippen molar-refractivity contribution in [2.24, 2.45) is 11.5 Å². The van der Waals surface area contributed by atoms with E-state index in [1.54, 1.807) is 12.0 Å². The molecule has 0 saturated carbocycles. The van der Waals surface area contributed by atoms with Gasteiger partial charge in [-0.25, -0.2) is 0 Å². The molecule has 3 atom stereocenters. The van der Waals surface area contributed by atoms with E-state index in [1.807, 2.05) is 59.5 Å². The maximum absolute atomic E-state index is 13.4. The van der Waals surface area contributed by atoms with E-state index in [0.717, 1.165) is 43.5 Å². The number of piperidine rings is 1. The van der Waals surface area contributed by atoms with Crippen molar-refractivity contribution in [2.75, 3.05) is 26.7 Å². The van der Waals surface area contributed by atoms with Crippen LogP contribution in [-0.2, 0) is 22.6 Å². The molecule has 0 radical (unpaired) electrons. The van der Waals surface area contributed by atoms with Gasteiger partial charge >= 0.3 is 0 Å². The SMILES string of the molecule is COc1cccc(CN(C[C@@H](O)[C@@H](N)Cc2ccccc2)C(=O)[C@H](N)CCC(=O)N2CCCCC2)c1. The van der Waals surface area contributed by atoms with Crippen molar-refractivity contribution in [1.82, 2.24) is 9.80 Å². The first-order chi connectivity index (χ1) is 17.4. The van der Waals surface area contributed by atoms with Crippen LogP contribution < -0.4 is 16.2 Å². The molecule has 0 unspecified atom stereocenters. The number of nitrogens with two attached hydrogens (primary N) is 2. The number of carbonyl (C=O) groups is 2. The smallest absolute Gasteiger partial charge is 0.239 e. The number of amides is 2. The lowest BCUT2D eigenvalue weighted by Crippen LogP contribution is -2.50. The van der Waals surface area contributed by atoms with Crippen LogP contribution >= 0.6 is 0 Å². The zero-order valence-corrected chi connectivity index (χ0v) is 21.2. The number of hydrogen-bond acceptors (Lipinski definition) is 6. The van der Waals surface area contributed by atoms with Crippen molar-refractivity contribution in [2.45, 2.75) is 63.3 Å². The van der Waals surface area contributed by atoms with E-state index in [2.05, 4.69) is 0 Å². The Labute approximate surface area is 214 Å². The molecule has 36 heavy (non-hydrogen) atoms. The molecule has 1 fully saturated rings. The van der Waals surface area contributed by atoms with Gasteiger partial charge in [-0.05, 0) is 55.4 Å². The summed E-state index contributed by atoms with van der Waals surface area (Å²) in [5.41, 5.74) is 14.5. The van der Waals surface area contributed by atoms with E-state index in [-0.39, 0.29) is 37.7 Å². The molecule has 1 aliphatic heterocycles. The Hall–Kier alpha value is -2.94. The maximum atomic E-state index is 13.4. The Bertz CT molecular complexity index is 965. The summed E-state index contributed by atoms with van der Waals surface area (Å²) in [5.74, 6) is 0.412. The molecular formula is C28H40N4O4. The lowest BCUT2D eigenvalue weighted by Gasteiger charge is -2.31. The summed E-state index contributed by atoms with van der Waals surface area (Å²) in [6, 6.07) is 15.7. The predicted octanol–water partition coefficient (Wildman–Crippen LogP) is 2.07. The number of hydrogen-bond donors (Lipinski definition) is 3. The lowest BCUT2D eigenvalue weighted by atomic mass is 10.0. The largest absolute Gasteiger partial charge is 0.497 e. The number of benzene rings is 2. The van der Waals surface area contributed by atoms with Crippen LogP contribution in [0.25, 0.3) is 0 Å². The molecule has 2 aromatic carbocycles. The van der Waals surface area contributed by atoms with Gasteiger partial charge in [0.25, 0.3) is 0 Å². The highest BCUT2D eigenvalue weighted by atomic mass is 16.5. The first-order valence-corrected chi connectivity index (χ1v) is 12.8. The summed E-state index contributed by atoms with van der Waals surface area (Å²) < 4.78 is 5.31. The summed E-state index contributed by atoms with van der Waals surface area (Å²) in [6.45, 7) is 1.84. The van der Waals surface area contributed by atoms with E-state index >= 15 is 0 Å². The fourth-order valence-corrected chi connectivity index (χ4v) is 4.55. The molecule has 0 spiro atoms. The second-order valence-corrected chi connectivity index (χ2v) is 9.58. The van der Waals surface area contributed by atoms with Crippen molar-refractivity contribution in [3.8, 4) is 5.75 Å². The minimum Gasteiger partial charge on any atom is -0.497 e. The molecule has 196 valence electrons. The van der Waals surface area contributed by atoms with Crippen LogP contribution in [0.15, 0.2) is 54.6 Å². The second kappa shape index (κ2) is 14.0. The van der Waals surface area contributed by atoms with Gasteiger partial charge in [0.1, 0.15) is 5.75 Å². The number of carbonyl (C=O) groups excluding carboxylic acids is 2. The molecule has 8 nitrogen and oxygen atoms in total. The molecule has 2 amide bonds. The van der Waals surface area contributed by atoms with Gasteiger partial charge in [-0.3, -0.25) is 9.59 Å². The molecule has 0 bridgehead atoms. The fourth-order valence-electron chi connectivity index (χ4n) is 4.55. The van der Waals surface area contributed by atoms with Crippen LogP contribution in [0.1, 0.15) is 43.2 Å². The maximum Gasteiger partial charge on any atom is 0.239 e. The monoisotopic (exact) mass is 496 g/mol. The van der Waals surface area contributed by atoms with E-state index < -0.39 is 18.2 Å². The molecule has 1 aliphatic rings. The number of ether oxygens (including phenoxy) is 1. The van der Waals surface area contributed by atoms with Crippen molar-refractivity contribution in [1.29, 1.82) is 0 Å². The highest BCUT2D eigenvalue weighted by Gasteiger charge is 2.27. The molecule has 0 aromatic heterocycles. The van der Waals surface area contributed by atoms with Gasteiger partial charge in [0.2, 0.25) is 11.8 Å². The minimum atomic E-state index is -0.943. The summed E-state index contributed by atoms with van der Waals surface area (Å²) in [4.78, 5) is 29.4. The zero-order valence-electron chi connectivity index (χ0n) is 21.2. The molecule has 2 aromatic rings. The first-order valence-electron chi connectivity index (χ1n) is 12.8. The van der Waals surface area contributed by atoms with Crippen LogP contribution in [0.3, 0.4) is 0 Å². The number of methoxy groups -OCH3 is 1. The van der Waals surface area contributed by atoms with Gasteiger partial charge < -0.3 is 31.1 Å². The third-order valence-electron chi connectivity index (χ3n) is 6.73. The molecular weight excluding hydrogens is 456 g/mol. The zero-order chi connectivity index (χ0) is 25.9. The van der Waals surface area contributed by atoms with Crippen molar-refractivity contribution < 1.29 is 19.4 Å². The average Bonchev–Trinajstić information content (AvgIpc) is 2.91. The Morgan fingerprint density at radius 2 is 1.72 bits per heavy atom. The van der Waals surface area contributed by atoms with Gasteiger partial charge in [-0.1, -0.05) is 42.5 Å². The Morgan fingerprint density at radius 1 is 1.03 bits per heavy atom. The van der Waals surface area contributed by atoms with Crippen LogP contribution in [0, 0.1) is 0 Å². The molecule has 1 heterocycles. The Balaban J connectivity index is 1.66. The van der Waals surface area contributed by atoms with Crippen LogP contribution in [-0.4, -0.2) is 71.7 Å². The standard InChI is InChI=1S/C28H40N4O4/c1-36-23-12-8-11-22(17-23)19-32(20-26(33)25(30)18-21-9-4-2-5-10-21)28(35)24(29)13-14-27(34)31-15-6-3-7-16-31/h2,4-5,8-12,17,24-26,33H,3,6-7,13-16,18-20,29-30H2,1H3/t24-,25+,26-/m1/s1. The van der Waals surface area contributed by atoms with Gasteiger partial charge in [-0.2, -0.15) is 0 Å². The van der Waals surface area contributed by atoms with Gasteiger partial charge in [0.05, 0.1) is 19.3 Å². The van der Waals surface area contributed by atoms with E-state index in [0.29, 0.717) is 12.2 Å². The van der Waals surface area contributed by atoms with E-state index in [1.165, 1.54) is 0 Å². The molecule has 0 aliphatic carbocycles. The molecule has 8 heteroatoms. The number of aliphatic hydroxyl groups excluding tert-OH is 1. The molecule has 1 saturated heterocycles. The minimum absolute atomic E-state index is 0.0395. The van der Waals surface area contributed by atoms with Crippen molar-refractivity contribution >= 4 is 11.8 Å². The molecule has 5 N–H and O–H groups in total. The van der Waals surface area contributed by atoms with Crippen molar-refractivity contribution in [3.63, 3.8) is 0 Å². The number of nitrogens with zero attached hydrogens (tertiary/aromatic N) is 2. The second-order valence-electron chi connectivity index (χ2n) is 9.58. The third kappa shape index (κ3) is 8.33. The fraction of sp³-hybridized carbons (Fsp3) is 0.500. The van der Waals surface area contributed by atoms with Gasteiger partial charge in [0, 0.05) is 38.6 Å². The third-order valence-corrected chi connectivity index (χ3v) is 6.73. The predicted molar refractivity (Wildman–Crippen MR) is 140 cm³/mol. The Kier molecular flexibility index (Phi) is 10.7. The highest BCUT2D eigenvalue weighted by Crippen LogP contribution is 2.17.